The number of H-pyrrole nitrogens is 1. The monoisotopic (exact) mass is 246 g/mol. The van der Waals surface area contributed by atoms with Crippen LogP contribution < -0.4 is 16.0 Å². The molecule has 0 unspecified atom stereocenters. The van der Waals surface area contributed by atoms with Crippen molar-refractivity contribution in [2.75, 3.05) is 12.8 Å². The van der Waals surface area contributed by atoms with Crippen molar-refractivity contribution in [3.05, 3.63) is 34.1 Å². The van der Waals surface area contributed by atoms with E-state index in [9.17, 15) is 4.79 Å². The van der Waals surface area contributed by atoms with E-state index in [0.29, 0.717) is 11.4 Å². The molecule has 4 heteroatoms. The Morgan fingerprint density at radius 2 is 2.11 bits per heavy atom. The van der Waals surface area contributed by atoms with Crippen molar-refractivity contribution in [1.29, 1.82) is 0 Å². The molecule has 18 heavy (non-hydrogen) atoms. The predicted octanol–water partition coefficient (Wildman–Crippen LogP) is 2.46. The summed E-state index contributed by atoms with van der Waals surface area (Å²) in [5, 5.41) is 1.00. The molecule has 4 nitrogen and oxygen atoms in total. The molecule has 1 aromatic carbocycles. The second kappa shape index (κ2) is 5.12. The van der Waals surface area contributed by atoms with Gasteiger partial charge >= 0.3 is 0 Å². The highest BCUT2D eigenvalue weighted by Gasteiger charge is 2.07. The number of nitrogens with one attached hydrogen (secondary N) is 1. The first-order valence-corrected chi connectivity index (χ1v) is 6.15. The zero-order chi connectivity index (χ0) is 13.1. The molecule has 2 aromatic rings. The zero-order valence-electron chi connectivity index (χ0n) is 10.7. The number of methoxy groups -OCH3 is 1. The summed E-state index contributed by atoms with van der Waals surface area (Å²) in [5.41, 5.74) is 8.25. The first-order valence-electron chi connectivity index (χ1n) is 6.15. The molecule has 0 bridgehead atoms. The molecule has 0 aliphatic heterocycles. The Morgan fingerprint density at radius 3 is 2.78 bits per heavy atom. The van der Waals surface area contributed by atoms with Gasteiger partial charge in [-0.15, -0.1) is 0 Å². The second-order valence-electron chi connectivity index (χ2n) is 4.40. The van der Waals surface area contributed by atoms with Crippen molar-refractivity contribution in [3.8, 4) is 5.75 Å². The van der Waals surface area contributed by atoms with Crippen LogP contribution in [0, 0.1) is 0 Å². The fourth-order valence-corrected chi connectivity index (χ4v) is 2.12. The molecule has 1 heterocycles. The highest BCUT2D eigenvalue weighted by atomic mass is 16.5. The third-order valence-electron chi connectivity index (χ3n) is 3.08. The number of rotatable bonds is 4. The molecule has 0 atom stereocenters. The molecule has 1 aromatic heterocycles. The van der Waals surface area contributed by atoms with Gasteiger partial charge in [0.05, 0.1) is 18.3 Å². The summed E-state index contributed by atoms with van der Waals surface area (Å²) in [7, 11) is 1.57. The summed E-state index contributed by atoms with van der Waals surface area (Å²) in [6.07, 6.45) is 3.05. The average molecular weight is 246 g/mol. The van der Waals surface area contributed by atoms with Crippen molar-refractivity contribution in [2.45, 2.75) is 26.2 Å². The maximum atomic E-state index is 11.6. The molecule has 0 fully saturated rings. The molecule has 0 amide bonds. The Bertz CT molecular complexity index is 617. The van der Waals surface area contributed by atoms with E-state index in [4.69, 9.17) is 10.5 Å². The topological polar surface area (TPSA) is 68.1 Å². The first kappa shape index (κ1) is 12.5. The summed E-state index contributed by atoms with van der Waals surface area (Å²) in [6.45, 7) is 2.13. The summed E-state index contributed by atoms with van der Waals surface area (Å²) >= 11 is 0. The number of pyridine rings is 1. The molecule has 2 rings (SSSR count). The van der Waals surface area contributed by atoms with Gasteiger partial charge in [0.1, 0.15) is 5.75 Å². The maximum absolute atomic E-state index is 11.6. The van der Waals surface area contributed by atoms with E-state index in [0.717, 1.165) is 35.7 Å². The number of hydrogen-bond acceptors (Lipinski definition) is 3. The molecule has 0 aliphatic rings. The second-order valence-corrected chi connectivity index (χ2v) is 4.40. The largest absolute Gasteiger partial charge is 0.495 e. The summed E-state index contributed by atoms with van der Waals surface area (Å²) in [6, 6.07) is 5.31. The molecule has 0 saturated carbocycles. The number of aromatic nitrogens is 1. The van der Waals surface area contributed by atoms with E-state index >= 15 is 0 Å². The van der Waals surface area contributed by atoms with Crippen LogP contribution in [0.5, 0.6) is 5.75 Å². The minimum absolute atomic E-state index is 0.0829. The Morgan fingerprint density at radius 1 is 1.33 bits per heavy atom. The van der Waals surface area contributed by atoms with Gasteiger partial charge in [0.2, 0.25) is 5.56 Å². The van der Waals surface area contributed by atoms with E-state index in [1.165, 1.54) is 0 Å². The number of aryl methyl sites for hydroxylation is 1. The number of nitrogen functional groups attached to an aromatic ring is 1. The van der Waals surface area contributed by atoms with Crippen LogP contribution in [-0.4, -0.2) is 12.1 Å². The van der Waals surface area contributed by atoms with E-state index < -0.39 is 0 Å². The molecular weight excluding hydrogens is 228 g/mol. The lowest BCUT2D eigenvalue weighted by atomic mass is 10.0. The van der Waals surface area contributed by atoms with E-state index in [2.05, 4.69) is 11.9 Å². The van der Waals surface area contributed by atoms with Crippen LogP contribution in [0.3, 0.4) is 0 Å². The Kier molecular flexibility index (Phi) is 3.55. The van der Waals surface area contributed by atoms with E-state index in [-0.39, 0.29) is 5.56 Å². The van der Waals surface area contributed by atoms with Crippen LogP contribution in [0.1, 0.15) is 25.3 Å². The molecular formula is C14H18N2O2. The number of anilines is 1. The third-order valence-corrected chi connectivity index (χ3v) is 3.08. The number of hydrogen-bond donors (Lipinski definition) is 2. The Labute approximate surface area is 106 Å². The van der Waals surface area contributed by atoms with Crippen LogP contribution >= 0.6 is 0 Å². The fraction of sp³-hybridized carbons (Fsp3) is 0.357. The van der Waals surface area contributed by atoms with Gasteiger partial charge in [-0.3, -0.25) is 4.79 Å². The number of unbranched alkanes of at least 4 members (excludes halogenated alkanes) is 1. The van der Waals surface area contributed by atoms with Gasteiger partial charge in [-0.25, -0.2) is 0 Å². The summed E-state index contributed by atoms with van der Waals surface area (Å²) < 4.78 is 5.17. The summed E-state index contributed by atoms with van der Waals surface area (Å²) in [4.78, 5) is 14.4. The Hall–Kier alpha value is -1.97. The highest BCUT2D eigenvalue weighted by molar-refractivity contribution is 5.87. The molecule has 0 aliphatic carbocycles. The van der Waals surface area contributed by atoms with Gasteiger partial charge in [0.15, 0.2) is 0 Å². The quantitative estimate of drug-likeness (QED) is 0.814. The van der Waals surface area contributed by atoms with Gasteiger partial charge in [-0.05, 0) is 24.5 Å². The minimum Gasteiger partial charge on any atom is -0.495 e. The number of nitrogens with two attached hydrogens (primary N) is 1. The van der Waals surface area contributed by atoms with E-state index in [1.807, 2.05) is 6.07 Å². The number of aromatic amines is 1. The number of benzene rings is 1. The van der Waals surface area contributed by atoms with Crippen LogP contribution in [0.25, 0.3) is 10.9 Å². The molecule has 96 valence electrons. The number of ether oxygens (including phenoxy) is 1. The van der Waals surface area contributed by atoms with Crippen LogP contribution in [0.4, 0.5) is 5.69 Å². The lowest BCUT2D eigenvalue weighted by molar-refractivity contribution is 0.417. The van der Waals surface area contributed by atoms with Crippen molar-refractivity contribution in [1.82, 2.24) is 4.98 Å². The van der Waals surface area contributed by atoms with Gasteiger partial charge in [-0.1, -0.05) is 13.3 Å². The normalized spacial score (nSPS) is 10.8. The fourth-order valence-electron chi connectivity index (χ4n) is 2.12. The molecule has 0 saturated heterocycles. The van der Waals surface area contributed by atoms with E-state index in [1.54, 1.807) is 19.2 Å². The van der Waals surface area contributed by atoms with Crippen molar-refractivity contribution in [2.24, 2.45) is 0 Å². The van der Waals surface area contributed by atoms with Gasteiger partial charge in [0, 0.05) is 17.5 Å². The zero-order valence-corrected chi connectivity index (χ0v) is 10.7. The van der Waals surface area contributed by atoms with Crippen molar-refractivity contribution in [3.63, 3.8) is 0 Å². The van der Waals surface area contributed by atoms with Crippen molar-refractivity contribution >= 4 is 16.6 Å². The number of fused-ring (bicyclic) bond motifs is 1. The lowest BCUT2D eigenvalue weighted by Crippen LogP contribution is -2.07. The molecule has 3 N–H and O–H groups in total. The highest BCUT2D eigenvalue weighted by Crippen LogP contribution is 2.28. The lowest BCUT2D eigenvalue weighted by Gasteiger charge is -2.10. The SMILES string of the molecule is CCCCc1cc(=O)[nH]c2cc(OC)c(N)cc12. The van der Waals surface area contributed by atoms with Crippen molar-refractivity contribution < 1.29 is 4.74 Å². The first-order chi connectivity index (χ1) is 8.65. The Balaban J connectivity index is 2.63. The van der Waals surface area contributed by atoms with Crippen LogP contribution in [-0.2, 0) is 6.42 Å². The molecule has 0 spiro atoms. The standard InChI is InChI=1S/C14H18N2O2/c1-3-4-5-9-6-14(17)16-12-8-13(18-2)11(15)7-10(9)12/h6-8H,3-5,15H2,1-2H3,(H,16,17). The van der Waals surface area contributed by atoms with Gasteiger partial charge in [0.25, 0.3) is 0 Å². The third kappa shape index (κ3) is 2.32. The molecule has 0 radical (unpaired) electrons. The average Bonchev–Trinajstić information content (AvgIpc) is 2.35. The minimum atomic E-state index is -0.0829. The summed E-state index contributed by atoms with van der Waals surface area (Å²) in [5.74, 6) is 0.589. The maximum Gasteiger partial charge on any atom is 0.248 e. The van der Waals surface area contributed by atoms with Crippen LogP contribution in [0.15, 0.2) is 23.0 Å². The predicted molar refractivity (Wildman–Crippen MR) is 74.1 cm³/mol. The van der Waals surface area contributed by atoms with Crippen LogP contribution in [0.2, 0.25) is 0 Å². The van der Waals surface area contributed by atoms with Gasteiger partial charge < -0.3 is 15.5 Å². The smallest absolute Gasteiger partial charge is 0.248 e. The van der Waals surface area contributed by atoms with Gasteiger partial charge in [-0.2, -0.15) is 0 Å².